The van der Waals surface area contributed by atoms with Crippen molar-refractivity contribution in [1.82, 2.24) is 4.90 Å². The Morgan fingerprint density at radius 3 is 2.44 bits per heavy atom. The van der Waals surface area contributed by atoms with Gasteiger partial charge in [0, 0.05) is 13.1 Å². The highest BCUT2D eigenvalue weighted by Crippen LogP contribution is 2.18. The molecule has 3 nitrogen and oxygen atoms in total. The molecule has 0 N–H and O–H groups in total. The van der Waals surface area contributed by atoms with Gasteiger partial charge in [0.05, 0.1) is 12.2 Å². The van der Waals surface area contributed by atoms with E-state index in [1.807, 2.05) is 36.4 Å². The predicted molar refractivity (Wildman–Crippen MR) is 72.6 cm³/mol. The van der Waals surface area contributed by atoms with E-state index in [1.165, 1.54) is 0 Å². The smallest absolute Gasteiger partial charge is 0.171 e. The number of nitrogens with zero attached hydrogens (tertiary/aromatic N) is 1. The Morgan fingerprint density at radius 1 is 1.28 bits per heavy atom. The zero-order valence-electron chi connectivity index (χ0n) is 11.1. The summed E-state index contributed by atoms with van der Waals surface area (Å²) in [6, 6.07) is 9.85. The van der Waals surface area contributed by atoms with E-state index in [1.54, 1.807) is 0 Å². The van der Waals surface area contributed by atoms with Crippen LogP contribution in [0.2, 0.25) is 0 Å². The Hall–Kier alpha value is -1.32. The molecule has 1 heterocycles. The van der Waals surface area contributed by atoms with Crippen LogP contribution in [0.1, 0.15) is 13.8 Å². The van der Waals surface area contributed by atoms with Crippen molar-refractivity contribution >= 4 is 0 Å². The minimum absolute atomic E-state index is 0.0961. The van der Waals surface area contributed by atoms with Gasteiger partial charge in [-0.2, -0.15) is 0 Å². The number of hydrogen-bond acceptors (Lipinski definition) is 3. The lowest BCUT2D eigenvalue weighted by Gasteiger charge is -2.38. The van der Waals surface area contributed by atoms with E-state index in [0.29, 0.717) is 0 Å². The topological polar surface area (TPSA) is 21.7 Å². The fourth-order valence-corrected chi connectivity index (χ4v) is 2.34. The second-order valence-electron chi connectivity index (χ2n) is 4.77. The van der Waals surface area contributed by atoms with E-state index >= 15 is 0 Å². The van der Waals surface area contributed by atoms with Gasteiger partial charge in [0.25, 0.3) is 0 Å². The van der Waals surface area contributed by atoms with Crippen molar-refractivity contribution in [2.75, 3.05) is 13.1 Å². The lowest BCUT2D eigenvalue weighted by atomic mass is 10.2. The first-order chi connectivity index (χ1) is 8.69. The number of ether oxygens (including phenoxy) is 2. The van der Waals surface area contributed by atoms with E-state index < -0.39 is 0 Å². The Bertz CT molecular complexity index is 369. The fourth-order valence-electron chi connectivity index (χ4n) is 2.34. The van der Waals surface area contributed by atoms with Gasteiger partial charge >= 0.3 is 0 Å². The molecule has 3 heteroatoms. The molecular formula is C15H21NO2. The third-order valence-electron chi connectivity index (χ3n) is 3.01. The number of hydrogen-bond donors (Lipinski definition) is 0. The summed E-state index contributed by atoms with van der Waals surface area (Å²) in [6.07, 6.45) is 2.21. The summed E-state index contributed by atoms with van der Waals surface area (Å²) < 4.78 is 11.7. The molecule has 0 aromatic heterocycles. The summed E-state index contributed by atoms with van der Waals surface area (Å²) >= 11 is 0. The van der Waals surface area contributed by atoms with Gasteiger partial charge in [-0.05, 0) is 32.1 Å². The second kappa shape index (κ2) is 6.03. The standard InChI is InChI=1S/C15H21NO2/c1-4-15(18-14-8-6-5-7-9-14)16-10-12(2)17-13(3)11-16/h4-9,12-13,15H,1,10-11H2,2-3H3. The maximum Gasteiger partial charge on any atom is 0.171 e. The molecular weight excluding hydrogens is 226 g/mol. The van der Waals surface area contributed by atoms with Crippen LogP contribution in [0.3, 0.4) is 0 Å². The van der Waals surface area contributed by atoms with Gasteiger partial charge in [-0.3, -0.25) is 4.90 Å². The fraction of sp³-hybridized carbons (Fsp3) is 0.467. The summed E-state index contributed by atoms with van der Waals surface area (Å²) in [7, 11) is 0. The summed E-state index contributed by atoms with van der Waals surface area (Å²) in [5, 5.41) is 0. The first kappa shape index (κ1) is 13.1. The minimum atomic E-state index is -0.0961. The molecule has 1 aromatic carbocycles. The molecule has 1 aromatic rings. The van der Waals surface area contributed by atoms with Crippen LogP contribution >= 0.6 is 0 Å². The molecule has 3 unspecified atom stereocenters. The van der Waals surface area contributed by atoms with Gasteiger partial charge in [0.15, 0.2) is 6.23 Å². The molecule has 3 atom stereocenters. The van der Waals surface area contributed by atoms with Crippen molar-refractivity contribution in [2.45, 2.75) is 32.3 Å². The van der Waals surface area contributed by atoms with Gasteiger partial charge in [0.2, 0.25) is 0 Å². The van der Waals surface area contributed by atoms with Crippen LogP contribution in [0.4, 0.5) is 0 Å². The van der Waals surface area contributed by atoms with Crippen molar-refractivity contribution in [3.63, 3.8) is 0 Å². The van der Waals surface area contributed by atoms with E-state index in [9.17, 15) is 0 Å². The van der Waals surface area contributed by atoms with E-state index in [-0.39, 0.29) is 18.4 Å². The normalized spacial score (nSPS) is 26.6. The Balaban J connectivity index is 2.02. The molecule has 0 radical (unpaired) electrons. The number of morpholine rings is 1. The minimum Gasteiger partial charge on any atom is -0.472 e. The average Bonchev–Trinajstić information content (AvgIpc) is 2.36. The highest BCUT2D eigenvalue weighted by Gasteiger charge is 2.27. The molecule has 1 aliphatic rings. The highest BCUT2D eigenvalue weighted by molar-refractivity contribution is 5.21. The monoisotopic (exact) mass is 247 g/mol. The number of rotatable bonds is 4. The highest BCUT2D eigenvalue weighted by atomic mass is 16.5. The second-order valence-corrected chi connectivity index (χ2v) is 4.77. The van der Waals surface area contributed by atoms with Crippen molar-refractivity contribution < 1.29 is 9.47 Å². The Labute approximate surface area is 109 Å². The number of para-hydroxylation sites is 1. The molecule has 0 saturated carbocycles. The third-order valence-corrected chi connectivity index (χ3v) is 3.01. The van der Waals surface area contributed by atoms with Gasteiger partial charge < -0.3 is 9.47 Å². The van der Waals surface area contributed by atoms with Crippen LogP contribution in [0.5, 0.6) is 5.75 Å². The molecule has 2 rings (SSSR count). The van der Waals surface area contributed by atoms with Crippen molar-refractivity contribution in [2.24, 2.45) is 0 Å². The van der Waals surface area contributed by atoms with Crippen LogP contribution in [0.25, 0.3) is 0 Å². The van der Waals surface area contributed by atoms with Crippen molar-refractivity contribution in [3.05, 3.63) is 43.0 Å². The third kappa shape index (κ3) is 3.34. The predicted octanol–water partition coefficient (Wildman–Crippen LogP) is 2.69. The van der Waals surface area contributed by atoms with Crippen LogP contribution in [0.15, 0.2) is 43.0 Å². The maximum atomic E-state index is 5.95. The largest absolute Gasteiger partial charge is 0.472 e. The van der Waals surface area contributed by atoms with Gasteiger partial charge in [-0.15, -0.1) is 0 Å². The van der Waals surface area contributed by atoms with Gasteiger partial charge in [-0.25, -0.2) is 0 Å². The van der Waals surface area contributed by atoms with Crippen LogP contribution in [0, 0.1) is 0 Å². The van der Waals surface area contributed by atoms with E-state index in [2.05, 4.69) is 25.3 Å². The molecule has 18 heavy (non-hydrogen) atoms. The average molecular weight is 247 g/mol. The first-order valence-corrected chi connectivity index (χ1v) is 6.43. The van der Waals surface area contributed by atoms with Crippen molar-refractivity contribution in [3.8, 4) is 5.75 Å². The zero-order valence-corrected chi connectivity index (χ0v) is 11.1. The molecule has 98 valence electrons. The van der Waals surface area contributed by atoms with E-state index in [4.69, 9.17) is 9.47 Å². The summed E-state index contributed by atoms with van der Waals surface area (Å²) in [6.45, 7) is 9.79. The number of benzene rings is 1. The quantitative estimate of drug-likeness (QED) is 0.764. The summed E-state index contributed by atoms with van der Waals surface area (Å²) in [4.78, 5) is 2.26. The molecule has 1 saturated heterocycles. The maximum absolute atomic E-state index is 5.95. The molecule has 0 bridgehead atoms. The SMILES string of the molecule is C=CC(Oc1ccccc1)N1CC(C)OC(C)C1. The lowest BCUT2D eigenvalue weighted by Crippen LogP contribution is -2.51. The Morgan fingerprint density at radius 2 is 1.89 bits per heavy atom. The molecule has 0 spiro atoms. The van der Waals surface area contributed by atoms with Gasteiger partial charge in [-0.1, -0.05) is 24.8 Å². The van der Waals surface area contributed by atoms with Crippen LogP contribution in [-0.4, -0.2) is 36.4 Å². The molecule has 1 aliphatic heterocycles. The van der Waals surface area contributed by atoms with Gasteiger partial charge in [0.1, 0.15) is 5.75 Å². The summed E-state index contributed by atoms with van der Waals surface area (Å²) in [5.74, 6) is 0.870. The summed E-state index contributed by atoms with van der Waals surface area (Å²) in [5.41, 5.74) is 0. The zero-order chi connectivity index (χ0) is 13.0. The first-order valence-electron chi connectivity index (χ1n) is 6.43. The lowest BCUT2D eigenvalue weighted by molar-refractivity contribution is -0.101. The molecule has 0 amide bonds. The molecule has 0 aliphatic carbocycles. The van der Waals surface area contributed by atoms with Crippen LogP contribution < -0.4 is 4.74 Å². The van der Waals surface area contributed by atoms with E-state index in [0.717, 1.165) is 18.8 Å². The Kier molecular flexibility index (Phi) is 4.39. The van der Waals surface area contributed by atoms with Crippen LogP contribution in [-0.2, 0) is 4.74 Å². The van der Waals surface area contributed by atoms with Crippen molar-refractivity contribution in [1.29, 1.82) is 0 Å². The molecule has 1 fully saturated rings.